The first kappa shape index (κ1) is 12.7. The summed E-state index contributed by atoms with van der Waals surface area (Å²) in [6, 6.07) is 0.412. The van der Waals surface area contributed by atoms with Gasteiger partial charge in [0.1, 0.15) is 5.82 Å². The third kappa shape index (κ3) is 2.60. The van der Waals surface area contributed by atoms with Crippen LogP contribution in [-0.2, 0) is 11.7 Å². The maximum atomic E-state index is 12.4. The SMILES string of the molecule is CC[C@](C)(N)c1nc(C(F)(F)F)cc(=O)[nH]1. The van der Waals surface area contributed by atoms with Crippen LogP contribution in [0, 0.1) is 0 Å². The normalized spacial score (nSPS) is 15.9. The van der Waals surface area contributed by atoms with Gasteiger partial charge in [-0.25, -0.2) is 4.98 Å². The van der Waals surface area contributed by atoms with E-state index in [9.17, 15) is 18.0 Å². The molecular weight excluding hydrogens is 223 g/mol. The van der Waals surface area contributed by atoms with Crippen molar-refractivity contribution in [2.45, 2.75) is 32.0 Å². The van der Waals surface area contributed by atoms with Gasteiger partial charge in [0.2, 0.25) is 0 Å². The van der Waals surface area contributed by atoms with Crippen molar-refractivity contribution in [3.05, 3.63) is 27.9 Å². The maximum absolute atomic E-state index is 12.4. The highest BCUT2D eigenvalue weighted by Gasteiger charge is 2.35. The first-order chi connectivity index (χ1) is 7.16. The van der Waals surface area contributed by atoms with E-state index in [1.54, 1.807) is 6.92 Å². The van der Waals surface area contributed by atoms with Crippen LogP contribution in [0.4, 0.5) is 13.2 Å². The van der Waals surface area contributed by atoms with Crippen LogP contribution in [0.15, 0.2) is 10.9 Å². The fraction of sp³-hybridized carbons (Fsp3) is 0.556. The van der Waals surface area contributed by atoms with Crippen molar-refractivity contribution in [2.75, 3.05) is 0 Å². The number of halogens is 3. The highest BCUT2D eigenvalue weighted by Crippen LogP contribution is 2.27. The van der Waals surface area contributed by atoms with Crippen molar-refractivity contribution in [1.82, 2.24) is 9.97 Å². The van der Waals surface area contributed by atoms with Gasteiger partial charge in [0.05, 0.1) is 5.54 Å². The van der Waals surface area contributed by atoms with E-state index in [4.69, 9.17) is 5.73 Å². The number of alkyl halides is 3. The molecule has 0 spiro atoms. The summed E-state index contributed by atoms with van der Waals surface area (Å²) in [6.45, 7) is 3.20. The highest BCUT2D eigenvalue weighted by molar-refractivity contribution is 5.11. The Kier molecular flexibility index (Phi) is 3.09. The smallest absolute Gasteiger partial charge is 0.319 e. The minimum absolute atomic E-state index is 0.158. The number of H-pyrrole nitrogens is 1. The Balaban J connectivity index is 3.35. The summed E-state index contributed by atoms with van der Waals surface area (Å²) < 4.78 is 37.2. The quantitative estimate of drug-likeness (QED) is 0.813. The standard InChI is InChI=1S/C9H12F3N3O/c1-3-8(2,13)7-14-5(9(10,11)12)4-6(16)15-7/h4H,3,13H2,1-2H3,(H,14,15,16)/t8-/m0/s1. The fourth-order valence-corrected chi connectivity index (χ4v) is 1.04. The number of hydrogen-bond acceptors (Lipinski definition) is 3. The zero-order valence-electron chi connectivity index (χ0n) is 8.85. The van der Waals surface area contributed by atoms with Crippen molar-refractivity contribution in [2.24, 2.45) is 5.73 Å². The van der Waals surface area contributed by atoms with E-state index >= 15 is 0 Å². The van der Waals surface area contributed by atoms with Gasteiger partial charge in [0.15, 0.2) is 5.69 Å². The molecule has 0 amide bonds. The molecule has 1 atom stereocenters. The van der Waals surface area contributed by atoms with E-state index in [1.807, 2.05) is 0 Å². The molecular formula is C9H12F3N3O. The first-order valence-electron chi connectivity index (χ1n) is 4.64. The predicted octanol–water partition coefficient (Wildman–Crippen LogP) is 1.37. The number of hydrogen-bond donors (Lipinski definition) is 2. The molecule has 0 radical (unpaired) electrons. The third-order valence-electron chi connectivity index (χ3n) is 2.31. The molecule has 3 N–H and O–H groups in total. The molecule has 0 aliphatic heterocycles. The lowest BCUT2D eigenvalue weighted by Gasteiger charge is -2.21. The molecule has 0 bridgehead atoms. The van der Waals surface area contributed by atoms with Gasteiger partial charge in [0.25, 0.3) is 5.56 Å². The van der Waals surface area contributed by atoms with Crippen molar-refractivity contribution in [3.63, 3.8) is 0 Å². The Morgan fingerprint density at radius 2 is 2.06 bits per heavy atom. The largest absolute Gasteiger partial charge is 0.433 e. The van der Waals surface area contributed by atoms with Crippen LogP contribution in [0.3, 0.4) is 0 Å². The highest BCUT2D eigenvalue weighted by atomic mass is 19.4. The van der Waals surface area contributed by atoms with E-state index in [-0.39, 0.29) is 5.82 Å². The summed E-state index contributed by atoms with van der Waals surface area (Å²) in [5.41, 5.74) is 2.55. The molecule has 0 saturated carbocycles. The van der Waals surface area contributed by atoms with Crippen LogP contribution >= 0.6 is 0 Å². The predicted molar refractivity (Wildman–Crippen MR) is 51.7 cm³/mol. The van der Waals surface area contributed by atoms with Gasteiger partial charge in [0, 0.05) is 6.07 Å². The molecule has 16 heavy (non-hydrogen) atoms. The van der Waals surface area contributed by atoms with Crippen LogP contribution in [0.5, 0.6) is 0 Å². The fourth-order valence-electron chi connectivity index (χ4n) is 1.04. The van der Waals surface area contributed by atoms with Crippen molar-refractivity contribution in [1.29, 1.82) is 0 Å². The summed E-state index contributed by atoms with van der Waals surface area (Å²) >= 11 is 0. The van der Waals surface area contributed by atoms with Crippen molar-refractivity contribution >= 4 is 0 Å². The minimum Gasteiger partial charge on any atom is -0.319 e. The van der Waals surface area contributed by atoms with Gasteiger partial charge in [-0.2, -0.15) is 13.2 Å². The van der Waals surface area contributed by atoms with Gasteiger partial charge in [-0.05, 0) is 13.3 Å². The second-order valence-corrected chi connectivity index (χ2v) is 3.75. The van der Waals surface area contributed by atoms with Gasteiger partial charge in [-0.15, -0.1) is 0 Å². The first-order valence-corrected chi connectivity index (χ1v) is 4.64. The Morgan fingerprint density at radius 1 is 1.50 bits per heavy atom. The van der Waals surface area contributed by atoms with E-state index in [2.05, 4.69) is 9.97 Å². The number of aromatic nitrogens is 2. The van der Waals surface area contributed by atoms with Crippen LogP contribution in [0.25, 0.3) is 0 Å². The number of nitrogens with one attached hydrogen (secondary N) is 1. The van der Waals surface area contributed by atoms with Crippen LogP contribution in [0.1, 0.15) is 31.8 Å². The molecule has 0 aromatic carbocycles. The van der Waals surface area contributed by atoms with Crippen molar-refractivity contribution < 1.29 is 13.2 Å². The molecule has 0 aliphatic rings. The minimum atomic E-state index is -4.65. The lowest BCUT2D eigenvalue weighted by atomic mass is 9.99. The molecule has 0 unspecified atom stereocenters. The summed E-state index contributed by atoms with van der Waals surface area (Å²) in [7, 11) is 0. The van der Waals surface area contributed by atoms with Gasteiger partial charge < -0.3 is 10.7 Å². The topological polar surface area (TPSA) is 71.8 Å². The summed E-state index contributed by atoms with van der Waals surface area (Å²) in [6.07, 6.45) is -4.29. The number of nitrogens with zero attached hydrogens (tertiary/aromatic N) is 1. The Labute approximate surface area is 89.7 Å². The zero-order chi connectivity index (χ0) is 12.6. The molecule has 1 aromatic rings. The Hall–Kier alpha value is -1.37. The average molecular weight is 235 g/mol. The van der Waals surface area contributed by atoms with E-state index < -0.39 is 23.0 Å². The summed E-state index contributed by atoms with van der Waals surface area (Å²) in [4.78, 5) is 16.6. The van der Waals surface area contributed by atoms with Crippen molar-refractivity contribution in [3.8, 4) is 0 Å². The molecule has 7 heteroatoms. The average Bonchev–Trinajstić information content (AvgIpc) is 2.15. The van der Waals surface area contributed by atoms with Gasteiger partial charge >= 0.3 is 6.18 Å². The van der Waals surface area contributed by atoms with Gasteiger partial charge in [-0.1, -0.05) is 6.92 Å². The maximum Gasteiger partial charge on any atom is 0.433 e. The molecule has 1 rings (SSSR count). The number of nitrogens with two attached hydrogens (primary N) is 1. The summed E-state index contributed by atoms with van der Waals surface area (Å²) in [5.74, 6) is -0.158. The third-order valence-corrected chi connectivity index (χ3v) is 2.31. The van der Waals surface area contributed by atoms with E-state index in [0.717, 1.165) is 0 Å². The molecule has 0 aliphatic carbocycles. The van der Waals surface area contributed by atoms with Crippen LogP contribution < -0.4 is 11.3 Å². The molecule has 4 nitrogen and oxygen atoms in total. The molecule has 0 saturated heterocycles. The molecule has 1 aromatic heterocycles. The number of aromatic amines is 1. The molecule has 0 fully saturated rings. The monoisotopic (exact) mass is 235 g/mol. The second-order valence-electron chi connectivity index (χ2n) is 3.75. The lowest BCUT2D eigenvalue weighted by Crippen LogP contribution is -2.37. The Bertz CT molecular complexity index is 436. The molecule has 90 valence electrons. The molecule has 1 heterocycles. The lowest BCUT2D eigenvalue weighted by molar-refractivity contribution is -0.141. The number of rotatable bonds is 2. The zero-order valence-corrected chi connectivity index (χ0v) is 8.85. The summed E-state index contributed by atoms with van der Waals surface area (Å²) in [5, 5.41) is 0. The van der Waals surface area contributed by atoms with Gasteiger partial charge in [-0.3, -0.25) is 4.79 Å². The Morgan fingerprint density at radius 3 is 2.50 bits per heavy atom. The van der Waals surface area contributed by atoms with E-state index in [1.165, 1.54) is 6.92 Å². The van der Waals surface area contributed by atoms with Crippen LogP contribution in [-0.4, -0.2) is 9.97 Å². The second kappa shape index (κ2) is 3.89. The van der Waals surface area contributed by atoms with Crippen LogP contribution in [0.2, 0.25) is 0 Å². The van der Waals surface area contributed by atoms with E-state index in [0.29, 0.717) is 12.5 Å².